The molecular formula is C12H11F2N3O2S. The van der Waals surface area contributed by atoms with E-state index in [0.29, 0.717) is 0 Å². The van der Waals surface area contributed by atoms with Gasteiger partial charge in [0.15, 0.2) is 11.6 Å². The van der Waals surface area contributed by atoms with Gasteiger partial charge in [-0.2, -0.15) is 0 Å². The normalized spacial score (nSPS) is 11.3. The van der Waals surface area contributed by atoms with Crippen molar-refractivity contribution in [1.29, 1.82) is 0 Å². The van der Waals surface area contributed by atoms with Crippen molar-refractivity contribution >= 4 is 27.1 Å². The molecule has 0 radical (unpaired) electrons. The SMILES string of the molecule is Nc1ccc(Nc2ccc(F)c(F)c2)c(S(N)(=O)=O)c1. The number of nitrogens with two attached hydrogens (primary N) is 2. The lowest BCUT2D eigenvalue weighted by atomic mass is 10.2. The number of benzene rings is 2. The van der Waals surface area contributed by atoms with E-state index in [2.05, 4.69) is 5.32 Å². The van der Waals surface area contributed by atoms with Crippen molar-refractivity contribution in [2.45, 2.75) is 4.90 Å². The van der Waals surface area contributed by atoms with Crippen LogP contribution in [0.1, 0.15) is 0 Å². The second-order valence-electron chi connectivity index (χ2n) is 4.05. The average molecular weight is 299 g/mol. The van der Waals surface area contributed by atoms with Crippen LogP contribution in [0.5, 0.6) is 0 Å². The van der Waals surface area contributed by atoms with E-state index < -0.39 is 21.7 Å². The molecule has 0 aliphatic heterocycles. The quantitative estimate of drug-likeness (QED) is 0.754. The number of rotatable bonds is 3. The maximum Gasteiger partial charge on any atom is 0.240 e. The molecule has 5 N–H and O–H groups in total. The molecule has 2 aromatic carbocycles. The Kier molecular flexibility index (Phi) is 3.60. The summed E-state index contributed by atoms with van der Waals surface area (Å²) in [5, 5.41) is 7.73. The molecule has 5 nitrogen and oxygen atoms in total. The molecule has 106 valence electrons. The molecule has 0 amide bonds. The minimum atomic E-state index is -4.00. The molecule has 0 saturated heterocycles. The monoisotopic (exact) mass is 299 g/mol. The summed E-state index contributed by atoms with van der Waals surface area (Å²) in [6, 6.07) is 7.11. The van der Waals surface area contributed by atoms with Gasteiger partial charge >= 0.3 is 0 Å². The van der Waals surface area contributed by atoms with E-state index in [0.717, 1.165) is 12.1 Å². The number of primary sulfonamides is 1. The summed E-state index contributed by atoms with van der Waals surface area (Å²) in [4.78, 5) is -0.234. The Morgan fingerprint density at radius 2 is 1.70 bits per heavy atom. The summed E-state index contributed by atoms with van der Waals surface area (Å²) >= 11 is 0. The summed E-state index contributed by atoms with van der Waals surface area (Å²) in [6.45, 7) is 0. The average Bonchev–Trinajstić information content (AvgIpc) is 2.35. The van der Waals surface area contributed by atoms with Gasteiger partial charge in [-0.15, -0.1) is 0 Å². The van der Waals surface area contributed by atoms with Crippen LogP contribution in [0.15, 0.2) is 41.3 Å². The summed E-state index contributed by atoms with van der Waals surface area (Å²) in [6.07, 6.45) is 0. The number of nitrogen functional groups attached to an aromatic ring is 1. The lowest BCUT2D eigenvalue weighted by Crippen LogP contribution is -2.14. The van der Waals surface area contributed by atoms with E-state index in [4.69, 9.17) is 10.9 Å². The number of anilines is 3. The molecule has 2 rings (SSSR count). The minimum absolute atomic E-state index is 0.118. The third-order valence-electron chi connectivity index (χ3n) is 2.51. The predicted molar refractivity (Wildman–Crippen MR) is 71.9 cm³/mol. The van der Waals surface area contributed by atoms with E-state index in [1.54, 1.807) is 0 Å². The molecule has 20 heavy (non-hydrogen) atoms. The second-order valence-corrected chi connectivity index (χ2v) is 5.58. The molecule has 0 aliphatic carbocycles. The van der Waals surface area contributed by atoms with Crippen LogP contribution >= 0.6 is 0 Å². The number of hydrogen-bond acceptors (Lipinski definition) is 4. The van der Waals surface area contributed by atoms with Crippen LogP contribution in [0.2, 0.25) is 0 Å². The highest BCUT2D eigenvalue weighted by atomic mass is 32.2. The summed E-state index contributed by atoms with van der Waals surface area (Å²) in [7, 11) is -4.00. The Bertz CT molecular complexity index is 763. The Morgan fingerprint density at radius 1 is 1.00 bits per heavy atom. The second kappa shape index (κ2) is 5.06. The summed E-state index contributed by atoms with van der Waals surface area (Å²) < 4.78 is 48.9. The molecule has 0 bridgehead atoms. The highest BCUT2D eigenvalue weighted by molar-refractivity contribution is 7.89. The molecule has 0 spiro atoms. The largest absolute Gasteiger partial charge is 0.399 e. The molecule has 0 heterocycles. The first-order valence-corrected chi connectivity index (χ1v) is 6.96. The number of nitrogens with one attached hydrogen (secondary N) is 1. The smallest absolute Gasteiger partial charge is 0.240 e. The fourth-order valence-corrected chi connectivity index (χ4v) is 2.33. The fraction of sp³-hybridized carbons (Fsp3) is 0. The summed E-state index contributed by atoms with van der Waals surface area (Å²) in [5.74, 6) is -2.05. The van der Waals surface area contributed by atoms with Gasteiger partial charge in [0.05, 0.1) is 5.69 Å². The highest BCUT2D eigenvalue weighted by Crippen LogP contribution is 2.26. The van der Waals surface area contributed by atoms with E-state index in [1.165, 1.54) is 24.3 Å². The molecule has 0 fully saturated rings. The fourth-order valence-electron chi connectivity index (χ4n) is 1.61. The molecule has 0 saturated carbocycles. The third-order valence-corrected chi connectivity index (χ3v) is 3.46. The summed E-state index contributed by atoms with van der Waals surface area (Å²) in [5.41, 5.74) is 6.01. The standard InChI is InChI=1S/C12H11F2N3O2S/c13-9-3-2-8(6-10(9)14)17-11-4-1-7(15)5-12(11)20(16,18)19/h1-6,17H,15H2,(H2,16,18,19). The maximum absolute atomic E-state index is 13.1. The molecule has 2 aromatic rings. The zero-order valence-corrected chi connectivity index (χ0v) is 10.9. The Labute approximate surface area is 114 Å². The number of sulfonamides is 1. The van der Waals surface area contributed by atoms with Gasteiger partial charge in [-0.3, -0.25) is 0 Å². The zero-order valence-electron chi connectivity index (χ0n) is 10.1. The van der Waals surface area contributed by atoms with Crippen molar-refractivity contribution in [3.8, 4) is 0 Å². The lowest BCUT2D eigenvalue weighted by molar-refractivity contribution is 0.509. The highest BCUT2D eigenvalue weighted by Gasteiger charge is 2.15. The van der Waals surface area contributed by atoms with Crippen molar-refractivity contribution in [3.05, 3.63) is 48.0 Å². The maximum atomic E-state index is 13.1. The van der Waals surface area contributed by atoms with Gasteiger partial charge < -0.3 is 11.1 Å². The van der Waals surface area contributed by atoms with Crippen LogP contribution in [0.3, 0.4) is 0 Å². The van der Waals surface area contributed by atoms with E-state index in [9.17, 15) is 17.2 Å². The minimum Gasteiger partial charge on any atom is -0.399 e. The van der Waals surface area contributed by atoms with Crippen molar-refractivity contribution in [3.63, 3.8) is 0 Å². The number of halogens is 2. The molecular weight excluding hydrogens is 288 g/mol. The van der Waals surface area contributed by atoms with Crippen molar-refractivity contribution in [2.24, 2.45) is 5.14 Å². The van der Waals surface area contributed by atoms with E-state index >= 15 is 0 Å². The van der Waals surface area contributed by atoms with Crippen molar-refractivity contribution in [1.82, 2.24) is 0 Å². The van der Waals surface area contributed by atoms with Gasteiger partial charge in [-0.25, -0.2) is 22.3 Å². The van der Waals surface area contributed by atoms with Crippen LogP contribution in [-0.4, -0.2) is 8.42 Å². The van der Waals surface area contributed by atoms with Crippen LogP contribution < -0.4 is 16.2 Å². The van der Waals surface area contributed by atoms with Gasteiger partial charge in [-0.1, -0.05) is 0 Å². The first-order valence-electron chi connectivity index (χ1n) is 5.42. The van der Waals surface area contributed by atoms with E-state index in [1.807, 2.05) is 0 Å². The van der Waals surface area contributed by atoms with Crippen LogP contribution in [-0.2, 0) is 10.0 Å². The van der Waals surface area contributed by atoms with Crippen LogP contribution in [0.25, 0.3) is 0 Å². The zero-order chi connectivity index (χ0) is 14.9. The van der Waals surface area contributed by atoms with Gasteiger partial charge in [-0.05, 0) is 30.3 Å². The van der Waals surface area contributed by atoms with Crippen LogP contribution in [0.4, 0.5) is 25.8 Å². The van der Waals surface area contributed by atoms with Crippen molar-refractivity contribution in [2.75, 3.05) is 11.1 Å². The molecule has 0 aliphatic rings. The Balaban J connectivity index is 2.46. The van der Waals surface area contributed by atoms with Crippen molar-refractivity contribution < 1.29 is 17.2 Å². The third kappa shape index (κ3) is 3.03. The molecule has 0 unspecified atom stereocenters. The van der Waals surface area contributed by atoms with Gasteiger partial charge in [0.1, 0.15) is 4.90 Å². The lowest BCUT2D eigenvalue weighted by Gasteiger charge is -2.11. The molecule has 0 aromatic heterocycles. The van der Waals surface area contributed by atoms with E-state index in [-0.39, 0.29) is 22.0 Å². The topological polar surface area (TPSA) is 98.2 Å². The first kappa shape index (κ1) is 14.2. The van der Waals surface area contributed by atoms with Gasteiger partial charge in [0.25, 0.3) is 0 Å². The van der Waals surface area contributed by atoms with Gasteiger partial charge in [0.2, 0.25) is 10.0 Å². The predicted octanol–water partition coefficient (Wildman–Crippen LogP) is 1.94. The van der Waals surface area contributed by atoms with Gasteiger partial charge in [0, 0.05) is 17.4 Å². The molecule has 0 atom stereocenters. The first-order chi connectivity index (χ1) is 9.27. The number of hydrogen-bond donors (Lipinski definition) is 3. The Hall–Kier alpha value is -2.19. The Morgan fingerprint density at radius 3 is 2.30 bits per heavy atom. The molecule has 8 heteroatoms. The van der Waals surface area contributed by atoms with Crippen LogP contribution in [0, 0.1) is 11.6 Å².